The number of rotatable bonds is 3. The van der Waals surface area contributed by atoms with Crippen molar-refractivity contribution in [1.29, 1.82) is 0 Å². The molecule has 0 amide bonds. The van der Waals surface area contributed by atoms with E-state index < -0.39 is 0 Å². The van der Waals surface area contributed by atoms with Crippen molar-refractivity contribution < 1.29 is 4.52 Å². The largest absolute Gasteiger partial charge is 0.353 e. The normalized spacial score (nSPS) is 17.9. The zero-order valence-corrected chi connectivity index (χ0v) is 13.0. The van der Waals surface area contributed by atoms with Crippen molar-refractivity contribution in [3.8, 4) is 0 Å². The van der Waals surface area contributed by atoms with E-state index in [4.69, 9.17) is 4.52 Å². The molecule has 0 saturated heterocycles. The van der Waals surface area contributed by atoms with Crippen LogP contribution in [0.25, 0.3) is 0 Å². The third-order valence-electron chi connectivity index (χ3n) is 3.89. The number of aliphatic imine (C=N–C) groups is 1. The van der Waals surface area contributed by atoms with Crippen LogP contribution < -0.4 is 10.6 Å². The third-order valence-corrected chi connectivity index (χ3v) is 3.89. The Balaban J connectivity index is 1.55. The molecule has 6 heteroatoms. The number of hydrogen-bond acceptors (Lipinski definition) is 4. The van der Waals surface area contributed by atoms with Crippen molar-refractivity contribution in [2.24, 2.45) is 4.99 Å². The van der Waals surface area contributed by atoms with Crippen LogP contribution in [0.1, 0.15) is 29.3 Å². The van der Waals surface area contributed by atoms with Gasteiger partial charge >= 0.3 is 0 Å². The summed E-state index contributed by atoms with van der Waals surface area (Å²) in [7, 11) is 1.77. The number of aryl methyl sites for hydroxylation is 2. The third kappa shape index (κ3) is 3.44. The first-order valence-corrected chi connectivity index (χ1v) is 7.58. The van der Waals surface area contributed by atoms with Crippen molar-refractivity contribution in [1.82, 2.24) is 20.8 Å². The average Bonchev–Trinajstić information content (AvgIpc) is 2.96. The summed E-state index contributed by atoms with van der Waals surface area (Å²) in [5.74, 6) is 1.98. The molecule has 1 aromatic heterocycles. The molecular weight excluding hydrogens is 278 g/mol. The molecule has 2 N–H and O–H groups in total. The molecule has 0 aliphatic heterocycles. The van der Waals surface area contributed by atoms with Crippen LogP contribution in [-0.2, 0) is 19.4 Å². The zero-order valence-electron chi connectivity index (χ0n) is 13.0. The summed E-state index contributed by atoms with van der Waals surface area (Å²) < 4.78 is 4.96. The molecule has 6 nitrogen and oxygen atoms in total. The van der Waals surface area contributed by atoms with Crippen molar-refractivity contribution >= 4 is 5.96 Å². The summed E-state index contributed by atoms with van der Waals surface area (Å²) in [6.07, 6.45) is 3.24. The van der Waals surface area contributed by atoms with Crippen LogP contribution in [0, 0.1) is 6.92 Å². The molecule has 1 aliphatic carbocycles. The zero-order chi connectivity index (χ0) is 15.4. The molecule has 1 unspecified atom stereocenters. The molecule has 116 valence electrons. The smallest absolute Gasteiger partial charge is 0.223 e. The Labute approximate surface area is 130 Å². The Morgan fingerprint density at radius 1 is 1.36 bits per heavy atom. The van der Waals surface area contributed by atoms with Crippen LogP contribution in [0.4, 0.5) is 0 Å². The van der Waals surface area contributed by atoms with Gasteiger partial charge in [0.05, 0.1) is 6.54 Å². The van der Waals surface area contributed by atoms with Crippen molar-refractivity contribution in [3.63, 3.8) is 0 Å². The van der Waals surface area contributed by atoms with E-state index in [1.165, 1.54) is 11.1 Å². The van der Waals surface area contributed by atoms with E-state index >= 15 is 0 Å². The van der Waals surface area contributed by atoms with Gasteiger partial charge in [0, 0.05) is 20.0 Å². The van der Waals surface area contributed by atoms with Gasteiger partial charge in [-0.2, -0.15) is 4.98 Å². The van der Waals surface area contributed by atoms with E-state index in [-0.39, 0.29) is 0 Å². The van der Waals surface area contributed by atoms with Gasteiger partial charge in [-0.05, 0) is 30.4 Å². The Morgan fingerprint density at radius 3 is 2.91 bits per heavy atom. The first-order valence-electron chi connectivity index (χ1n) is 7.58. The molecule has 3 rings (SSSR count). The summed E-state index contributed by atoms with van der Waals surface area (Å²) in [6, 6.07) is 9.04. The van der Waals surface area contributed by atoms with Gasteiger partial charge in [0.15, 0.2) is 11.8 Å². The maximum Gasteiger partial charge on any atom is 0.223 e. The number of hydrogen-bond donors (Lipinski definition) is 2. The fourth-order valence-corrected chi connectivity index (χ4v) is 2.78. The van der Waals surface area contributed by atoms with E-state index in [0.29, 0.717) is 24.3 Å². The second-order valence-corrected chi connectivity index (χ2v) is 5.51. The fourth-order valence-electron chi connectivity index (χ4n) is 2.78. The summed E-state index contributed by atoms with van der Waals surface area (Å²) in [6.45, 7) is 2.28. The van der Waals surface area contributed by atoms with Gasteiger partial charge in [-0.3, -0.25) is 4.99 Å². The van der Waals surface area contributed by atoms with E-state index in [9.17, 15) is 0 Å². The molecule has 2 aromatic rings. The second-order valence-electron chi connectivity index (χ2n) is 5.51. The minimum atomic E-state index is 0.396. The first-order chi connectivity index (χ1) is 10.7. The lowest BCUT2D eigenvalue weighted by molar-refractivity contribution is 0.386. The van der Waals surface area contributed by atoms with Crippen LogP contribution >= 0.6 is 0 Å². The SMILES string of the molecule is CN=C(NCc1noc(C)n1)NC1CCc2ccccc2C1. The van der Waals surface area contributed by atoms with Gasteiger partial charge in [0.2, 0.25) is 5.89 Å². The van der Waals surface area contributed by atoms with Crippen molar-refractivity contribution in [3.05, 3.63) is 47.1 Å². The molecule has 1 heterocycles. The molecule has 0 spiro atoms. The van der Waals surface area contributed by atoms with Crippen molar-refractivity contribution in [2.75, 3.05) is 7.05 Å². The van der Waals surface area contributed by atoms with Gasteiger partial charge in [-0.15, -0.1) is 0 Å². The summed E-state index contributed by atoms with van der Waals surface area (Å²) in [5.41, 5.74) is 2.89. The lowest BCUT2D eigenvalue weighted by Crippen LogP contribution is -2.45. The monoisotopic (exact) mass is 299 g/mol. The van der Waals surface area contributed by atoms with E-state index in [2.05, 4.69) is 50.0 Å². The minimum absolute atomic E-state index is 0.396. The summed E-state index contributed by atoms with van der Waals surface area (Å²) >= 11 is 0. The molecule has 0 saturated carbocycles. The predicted octanol–water partition coefficient (Wildman–Crippen LogP) is 1.60. The topological polar surface area (TPSA) is 75.3 Å². The number of fused-ring (bicyclic) bond motifs is 1. The maximum absolute atomic E-state index is 4.96. The van der Waals surface area contributed by atoms with E-state index in [0.717, 1.165) is 25.2 Å². The number of benzene rings is 1. The summed E-state index contributed by atoms with van der Waals surface area (Å²) in [4.78, 5) is 8.44. The minimum Gasteiger partial charge on any atom is -0.353 e. The fraction of sp³-hybridized carbons (Fsp3) is 0.438. The summed E-state index contributed by atoms with van der Waals surface area (Å²) in [5, 5.41) is 10.6. The number of guanidine groups is 1. The Bertz CT molecular complexity index is 664. The quantitative estimate of drug-likeness (QED) is 0.665. The van der Waals surface area contributed by atoms with Crippen LogP contribution in [0.5, 0.6) is 0 Å². The highest BCUT2D eigenvalue weighted by atomic mass is 16.5. The number of aromatic nitrogens is 2. The van der Waals surface area contributed by atoms with Crippen LogP contribution in [0.2, 0.25) is 0 Å². The first kappa shape index (κ1) is 14.6. The van der Waals surface area contributed by atoms with Gasteiger partial charge in [0.25, 0.3) is 0 Å². The van der Waals surface area contributed by atoms with Crippen LogP contribution in [0.15, 0.2) is 33.8 Å². The van der Waals surface area contributed by atoms with Gasteiger partial charge in [-0.1, -0.05) is 29.4 Å². The maximum atomic E-state index is 4.96. The number of nitrogens with zero attached hydrogens (tertiary/aromatic N) is 3. The highest BCUT2D eigenvalue weighted by Crippen LogP contribution is 2.20. The Morgan fingerprint density at radius 2 is 2.18 bits per heavy atom. The Hall–Kier alpha value is -2.37. The lowest BCUT2D eigenvalue weighted by atomic mass is 9.88. The standard InChI is InChI=1S/C16H21N5O/c1-11-19-15(21-22-11)10-18-16(17-2)20-14-8-7-12-5-3-4-6-13(12)9-14/h3-6,14H,7-10H2,1-2H3,(H2,17,18,20). The molecule has 0 bridgehead atoms. The average molecular weight is 299 g/mol. The van der Waals surface area contributed by atoms with Gasteiger partial charge < -0.3 is 15.2 Å². The lowest BCUT2D eigenvalue weighted by Gasteiger charge is -2.26. The van der Waals surface area contributed by atoms with Gasteiger partial charge in [-0.25, -0.2) is 0 Å². The predicted molar refractivity (Wildman–Crippen MR) is 84.6 cm³/mol. The number of nitrogens with one attached hydrogen (secondary N) is 2. The second kappa shape index (κ2) is 6.60. The van der Waals surface area contributed by atoms with Crippen LogP contribution in [-0.4, -0.2) is 29.2 Å². The Kier molecular flexibility index (Phi) is 4.37. The molecule has 0 radical (unpaired) electrons. The highest BCUT2D eigenvalue weighted by Gasteiger charge is 2.19. The van der Waals surface area contributed by atoms with E-state index in [1.54, 1.807) is 14.0 Å². The van der Waals surface area contributed by atoms with Crippen molar-refractivity contribution in [2.45, 2.75) is 38.8 Å². The van der Waals surface area contributed by atoms with E-state index in [1.807, 2.05) is 0 Å². The molecule has 1 aliphatic rings. The molecular formula is C16H21N5O. The molecule has 0 fully saturated rings. The highest BCUT2D eigenvalue weighted by molar-refractivity contribution is 5.79. The van der Waals surface area contributed by atoms with Crippen LogP contribution in [0.3, 0.4) is 0 Å². The van der Waals surface area contributed by atoms with Gasteiger partial charge in [0.1, 0.15) is 0 Å². The molecule has 1 atom stereocenters. The molecule has 22 heavy (non-hydrogen) atoms. The molecule has 1 aromatic carbocycles.